The molecule has 2 saturated heterocycles. The Labute approximate surface area is 152 Å². The Hall–Kier alpha value is -1.14. The highest BCUT2D eigenvalue weighted by Crippen LogP contribution is 2.20. The Morgan fingerprint density at radius 3 is 2.36 bits per heavy atom. The topological polar surface area (TPSA) is 64.7 Å². The highest BCUT2D eigenvalue weighted by molar-refractivity contribution is 5.89. The lowest BCUT2D eigenvalue weighted by molar-refractivity contribution is -0.135. The van der Waals surface area contributed by atoms with E-state index in [1.807, 2.05) is 0 Å². The van der Waals surface area contributed by atoms with Crippen LogP contribution in [0.25, 0.3) is 0 Å². The summed E-state index contributed by atoms with van der Waals surface area (Å²) in [6.07, 6.45) is 2.72. The van der Waals surface area contributed by atoms with E-state index in [0.29, 0.717) is 6.54 Å². The zero-order valence-electron chi connectivity index (χ0n) is 16.7. The molecule has 25 heavy (non-hydrogen) atoms. The van der Waals surface area contributed by atoms with E-state index in [9.17, 15) is 9.59 Å². The third-order valence-electron chi connectivity index (χ3n) is 4.79. The highest BCUT2D eigenvalue weighted by Gasteiger charge is 2.35. The second-order valence-corrected chi connectivity index (χ2v) is 9.46. The van der Waals surface area contributed by atoms with Gasteiger partial charge in [0.15, 0.2) is 0 Å². The number of rotatable bonds is 6. The Balaban J connectivity index is 1.92. The summed E-state index contributed by atoms with van der Waals surface area (Å²) >= 11 is 0. The first-order valence-electron chi connectivity index (χ1n) is 9.61. The SMILES string of the molecule is CC(C)(C)CN1CCNC(=O)[C@@H]1CC(=O)NC(C)(C)CN1CCCC1. The normalized spacial score (nSPS) is 23.6. The summed E-state index contributed by atoms with van der Waals surface area (Å²) in [7, 11) is 0. The molecule has 2 aliphatic heterocycles. The maximum absolute atomic E-state index is 12.6. The predicted octanol–water partition coefficient (Wildman–Crippen LogP) is 1.21. The third kappa shape index (κ3) is 6.59. The number of hydrogen-bond acceptors (Lipinski definition) is 4. The van der Waals surface area contributed by atoms with E-state index in [0.717, 1.165) is 32.7 Å². The van der Waals surface area contributed by atoms with Crippen LogP contribution in [0.5, 0.6) is 0 Å². The first kappa shape index (κ1) is 20.2. The average Bonchev–Trinajstić information content (AvgIpc) is 2.92. The van der Waals surface area contributed by atoms with Gasteiger partial charge in [0.05, 0.1) is 12.5 Å². The lowest BCUT2D eigenvalue weighted by Crippen LogP contribution is -2.59. The van der Waals surface area contributed by atoms with Gasteiger partial charge in [0.1, 0.15) is 0 Å². The van der Waals surface area contributed by atoms with E-state index in [4.69, 9.17) is 0 Å². The monoisotopic (exact) mass is 352 g/mol. The minimum absolute atomic E-state index is 0.0250. The van der Waals surface area contributed by atoms with E-state index < -0.39 is 0 Å². The van der Waals surface area contributed by atoms with E-state index >= 15 is 0 Å². The molecule has 0 aromatic heterocycles. The quantitative estimate of drug-likeness (QED) is 0.754. The molecule has 2 aliphatic rings. The fraction of sp³-hybridized carbons (Fsp3) is 0.895. The molecule has 0 saturated carbocycles. The molecule has 0 aliphatic carbocycles. The molecule has 6 nitrogen and oxygen atoms in total. The van der Waals surface area contributed by atoms with Gasteiger partial charge in [-0.2, -0.15) is 0 Å². The fourth-order valence-corrected chi connectivity index (χ4v) is 3.93. The van der Waals surface area contributed by atoms with Crippen LogP contribution in [0.1, 0.15) is 53.9 Å². The fourth-order valence-electron chi connectivity index (χ4n) is 3.93. The molecular formula is C19H36N4O2. The Bertz CT molecular complexity index is 478. The van der Waals surface area contributed by atoms with Gasteiger partial charge in [-0.3, -0.25) is 14.5 Å². The third-order valence-corrected chi connectivity index (χ3v) is 4.79. The summed E-state index contributed by atoms with van der Waals surface area (Å²) < 4.78 is 0. The van der Waals surface area contributed by atoms with Crippen molar-refractivity contribution in [2.45, 2.75) is 65.5 Å². The van der Waals surface area contributed by atoms with Crippen molar-refractivity contribution in [2.75, 3.05) is 39.3 Å². The van der Waals surface area contributed by atoms with Gasteiger partial charge in [0, 0.05) is 31.7 Å². The van der Waals surface area contributed by atoms with E-state index in [-0.39, 0.29) is 35.2 Å². The van der Waals surface area contributed by atoms with Gasteiger partial charge in [0.25, 0.3) is 0 Å². The van der Waals surface area contributed by atoms with Gasteiger partial charge in [-0.25, -0.2) is 0 Å². The molecule has 2 amide bonds. The number of piperazine rings is 1. The van der Waals surface area contributed by atoms with Crippen LogP contribution < -0.4 is 10.6 Å². The van der Waals surface area contributed by atoms with E-state index in [2.05, 4.69) is 55.1 Å². The number of hydrogen-bond donors (Lipinski definition) is 2. The van der Waals surface area contributed by atoms with Crippen molar-refractivity contribution in [3.05, 3.63) is 0 Å². The van der Waals surface area contributed by atoms with Gasteiger partial charge in [-0.1, -0.05) is 20.8 Å². The molecule has 0 bridgehead atoms. The number of carbonyl (C=O) groups is 2. The van der Waals surface area contributed by atoms with Crippen molar-refractivity contribution in [1.29, 1.82) is 0 Å². The van der Waals surface area contributed by atoms with Gasteiger partial charge in [0.2, 0.25) is 11.8 Å². The van der Waals surface area contributed by atoms with Crippen LogP contribution in [0.15, 0.2) is 0 Å². The molecular weight excluding hydrogens is 316 g/mol. The van der Waals surface area contributed by atoms with Crippen LogP contribution in [0.4, 0.5) is 0 Å². The molecule has 0 unspecified atom stereocenters. The second kappa shape index (κ2) is 8.04. The van der Waals surface area contributed by atoms with Crippen molar-refractivity contribution < 1.29 is 9.59 Å². The lowest BCUT2D eigenvalue weighted by atomic mass is 9.94. The number of likely N-dealkylation sites (tertiary alicyclic amines) is 1. The van der Waals surface area contributed by atoms with Crippen LogP contribution in [0.2, 0.25) is 0 Å². The lowest BCUT2D eigenvalue weighted by Gasteiger charge is -2.39. The Kier molecular flexibility index (Phi) is 6.49. The number of nitrogens with one attached hydrogen (secondary N) is 2. The molecule has 0 aromatic carbocycles. The number of amides is 2. The maximum Gasteiger partial charge on any atom is 0.237 e. The predicted molar refractivity (Wildman–Crippen MR) is 100 cm³/mol. The molecule has 0 spiro atoms. The first-order valence-corrected chi connectivity index (χ1v) is 9.61. The largest absolute Gasteiger partial charge is 0.353 e. The zero-order valence-corrected chi connectivity index (χ0v) is 16.7. The zero-order chi connectivity index (χ0) is 18.7. The van der Waals surface area contributed by atoms with Crippen LogP contribution in [-0.4, -0.2) is 72.5 Å². The summed E-state index contributed by atoms with van der Waals surface area (Å²) in [6.45, 7) is 16.0. The van der Waals surface area contributed by atoms with Gasteiger partial charge in [-0.05, 0) is 45.2 Å². The van der Waals surface area contributed by atoms with Crippen molar-refractivity contribution in [3.63, 3.8) is 0 Å². The van der Waals surface area contributed by atoms with Gasteiger partial charge in [-0.15, -0.1) is 0 Å². The molecule has 2 fully saturated rings. The second-order valence-electron chi connectivity index (χ2n) is 9.46. The van der Waals surface area contributed by atoms with Gasteiger partial charge >= 0.3 is 0 Å². The van der Waals surface area contributed by atoms with Crippen LogP contribution >= 0.6 is 0 Å². The van der Waals surface area contributed by atoms with E-state index in [1.165, 1.54) is 12.8 Å². The van der Waals surface area contributed by atoms with Crippen LogP contribution in [0, 0.1) is 5.41 Å². The summed E-state index contributed by atoms with van der Waals surface area (Å²) in [5.74, 6) is -0.0619. The Morgan fingerprint density at radius 2 is 1.76 bits per heavy atom. The summed E-state index contributed by atoms with van der Waals surface area (Å²) in [4.78, 5) is 29.5. The average molecular weight is 353 g/mol. The smallest absolute Gasteiger partial charge is 0.237 e. The van der Waals surface area contributed by atoms with Crippen LogP contribution in [0.3, 0.4) is 0 Å². The Morgan fingerprint density at radius 1 is 1.12 bits per heavy atom. The summed E-state index contributed by atoms with van der Waals surface area (Å²) in [5.41, 5.74) is -0.178. The minimum atomic E-state index is -0.365. The van der Waals surface area contributed by atoms with Crippen molar-refractivity contribution in [1.82, 2.24) is 20.4 Å². The van der Waals surface area contributed by atoms with E-state index in [1.54, 1.807) is 0 Å². The van der Waals surface area contributed by atoms with Crippen LogP contribution in [-0.2, 0) is 9.59 Å². The minimum Gasteiger partial charge on any atom is -0.353 e. The van der Waals surface area contributed by atoms with Gasteiger partial charge < -0.3 is 15.5 Å². The molecule has 6 heteroatoms. The molecule has 2 N–H and O–H groups in total. The van der Waals surface area contributed by atoms with Crippen molar-refractivity contribution in [3.8, 4) is 0 Å². The highest BCUT2D eigenvalue weighted by atomic mass is 16.2. The number of carbonyl (C=O) groups excluding carboxylic acids is 2. The molecule has 2 rings (SSSR count). The molecule has 144 valence electrons. The molecule has 0 radical (unpaired) electrons. The van der Waals surface area contributed by atoms with Crippen molar-refractivity contribution >= 4 is 11.8 Å². The number of nitrogens with zero attached hydrogens (tertiary/aromatic N) is 2. The summed E-state index contributed by atoms with van der Waals surface area (Å²) in [6, 6.07) is -0.365. The molecule has 0 aromatic rings. The van der Waals surface area contributed by atoms with Crippen molar-refractivity contribution in [2.24, 2.45) is 5.41 Å². The summed E-state index contributed by atoms with van der Waals surface area (Å²) in [5, 5.41) is 6.05. The molecule has 2 heterocycles. The first-order chi connectivity index (χ1) is 11.6. The maximum atomic E-state index is 12.6. The molecule has 1 atom stereocenters. The standard InChI is InChI=1S/C19H36N4O2/c1-18(2,3)13-23-11-8-20-17(25)15(23)12-16(24)21-19(4,5)14-22-9-6-7-10-22/h15H,6-14H2,1-5H3,(H,20,25)(H,21,24)/t15-/m0/s1.